The highest BCUT2D eigenvalue weighted by atomic mass is 15.1. The second kappa shape index (κ2) is 12.2. The molecule has 0 aliphatic heterocycles. The van der Waals surface area contributed by atoms with Gasteiger partial charge in [0.05, 0.1) is 11.0 Å². The Balaban J connectivity index is 1.25. The topological polar surface area (TPSA) is 8.17 Å². The van der Waals surface area contributed by atoms with E-state index < -0.39 is 0 Å². The summed E-state index contributed by atoms with van der Waals surface area (Å²) in [5, 5.41) is 2.52. The van der Waals surface area contributed by atoms with Crippen LogP contribution >= 0.6 is 0 Å². The molecule has 0 unspecified atom stereocenters. The summed E-state index contributed by atoms with van der Waals surface area (Å²) in [6.07, 6.45) is 6.30. The third-order valence-corrected chi connectivity index (χ3v) is 10.6. The van der Waals surface area contributed by atoms with E-state index in [0.717, 1.165) is 11.4 Å². The quantitative estimate of drug-likeness (QED) is 0.179. The van der Waals surface area contributed by atoms with E-state index in [9.17, 15) is 0 Å². The van der Waals surface area contributed by atoms with Gasteiger partial charge in [-0.3, -0.25) is 0 Å². The largest absolute Gasteiger partial charge is 0.310 e. The van der Waals surface area contributed by atoms with Crippen LogP contribution in [0.5, 0.6) is 0 Å². The summed E-state index contributed by atoms with van der Waals surface area (Å²) in [7, 11) is 0. The number of nitrogens with zero attached hydrogens (tertiary/aromatic N) is 2. The molecule has 0 N–H and O–H groups in total. The Kier molecular flexibility index (Phi) is 7.68. The van der Waals surface area contributed by atoms with Crippen molar-refractivity contribution in [2.24, 2.45) is 0 Å². The Morgan fingerprint density at radius 2 is 1.06 bits per heavy atom. The van der Waals surface area contributed by atoms with Gasteiger partial charge in [0.25, 0.3) is 0 Å². The van der Waals surface area contributed by atoms with Crippen LogP contribution in [-0.2, 0) is 10.8 Å². The molecule has 0 radical (unpaired) electrons. The van der Waals surface area contributed by atoms with Gasteiger partial charge in [0.15, 0.2) is 0 Å². The Labute approximate surface area is 285 Å². The summed E-state index contributed by atoms with van der Waals surface area (Å²) in [6.45, 7) is 6.81. The molecule has 0 atom stereocenters. The maximum Gasteiger partial charge on any atom is 0.0542 e. The highest BCUT2D eigenvalue weighted by Gasteiger charge is 2.35. The van der Waals surface area contributed by atoms with Gasteiger partial charge in [-0.05, 0) is 95.6 Å². The first-order valence-electron chi connectivity index (χ1n) is 17.6. The summed E-state index contributed by atoms with van der Waals surface area (Å²) in [5.74, 6) is 0. The standard InChI is InChI=1S/C46H44N2/c1-45(2,3)34-21-25-39(26-22-34)48-43-20-12-11-19-41(43)42-33-40(29-30-44(42)48)47(37-17-9-5-10-18-37)38-27-23-36(24-28-38)46(31-13-6-14-32-46)35-15-7-4-8-16-35/h4-5,7-12,15-30,33H,6,13-14,31-32H2,1-3H3. The molecule has 8 rings (SSSR count). The zero-order valence-electron chi connectivity index (χ0n) is 28.4. The smallest absolute Gasteiger partial charge is 0.0542 e. The third kappa shape index (κ3) is 5.30. The molecule has 2 heteroatoms. The fourth-order valence-electron chi connectivity index (χ4n) is 8.10. The molecule has 1 saturated carbocycles. The Morgan fingerprint density at radius 3 is 1.75 bits per heavy atom. The molecule has 0 bridgehead atoms. The summed E-state index contributed by atoms with van der Waals surface area (Å²) >= 11 is 0. The fourth-order valence-corrected chi connectivity index (χ4v) is 8.10. The van der Waals surface area contributed by atoms with Crippen LogP contribution in [0.3, 0.4) is 0 Å². The van der Waals surface area contributed by atoms with Gasteiger partial charge in [-0.15, -0.1) is 0 Å². The number of aromatic nitrogens is 1. The van der Waals surface area contributed by atoms with E-state index >= 15 is 0 Å². The van der Waals surface area contributed by atoms with E-state index in [-0.39, 0.29) is 10.8 Å². The van der Waals surface area contributed by atoms with Gasteiger partial charge in [0, 0.05) is 38.9 Å². The minimum atomic E-state index is 0.0848. The van der Waals surface area contributed by atoms with Crippen LogP contribution < -0.4 is 4.90 Å². The predicted molar refractivity (Wildman–Crippen MR) is 204 cm³/mol. The van der Waals surface area contributed by atoms with Gasteiger partial charge in [0.1, 0.15) is 0 Å². The fraction of sp³-hybridized carbons (Fsp3) is 0.217. The van der Waals surface area contributed by atoms with Gasteiger partial charge in [0.2, 0.25) is 0 Å². The molecule has 1 aromatic heterocycles. The minimum Gasteiger partial charge on any atom is -0.310 e. The summed E-state index contributed by atoms with van der Waals surface area (Å²) in [6, 6.07) is 56.3. The maximum absolute atomic E-state index is 2.41. The first kappa shape index (κ1) is 30.3. The molecule has 2 nitrogen and oxygen atoms in total. The Bertz CT molecular complexity index is 2160. The lowest BCUT2D eigenvalue weighted by Gasteiger charge is -2.39. The Morgan fingerprint density at radius 1 is 0.500 bits per heavy atom. The molecule has 0 spiro atoms. The molecule has 1 heterocycles. The van der Waals surface area contributed by atoms with Crippen molar-refractivity contribution in [1.29, 1.82) is 0 Å². The molecule has 0 amide bonds. The van der Waals surface area contributed by atoms with E-state index in [1.807, 2.05) is 0 Å². The number of para-hydroxylation sites is 2. The molecular formula is C46H44N2. The van der Waals surface area contributed by atoms with Crippen molar-refractivity contribution in [2.45, 2.75) is 63.7 Å². The monoisotopic (exact) mass is 624 g/mol. The van der Waals surface area contributed by atoms with E-state index in [1.54, 1.807) is 0 Å². The summed E-state index contributed by atoms with van der Waals surface area (Å²) in [5.41, 5.74) is 11.5. The highest BCUT2D eigenvalue weighted by Crippen LogP contribution is 2.46. The average Bonchev–Trinajstić information content (AvgIpc) is 3.47. The summed E-state index contributed by atoms with van der Waals surface area (Å²) < 4.78 is 2.41. The molecule has 1 fully saturated rings. The van der Waals surface area contributed by atoms with Crippen LogP contribution in [0.1, 0.15) is 69.6 Å². The minimum absolute atomic E-state index is 0.0848. The number of anilines is 3. The van der Waals surface area contributed by atoms with Gasteiger partial charge in [-0.1, -0.05) is 131 Å². The SMILES string of the molecule is CC(C)(C)c1ccc(-n2c3ccccc3c3cc(N(c4ccccc4)c4ccc(C5(c6ccccc6)CCCCC5)cc4)ccc32)cc1. The van der Waals surface area contributed by atoms with Crippen molar-refractivity contribution < 1.29 is 0 Å². The average molecular weight is 625 g/mol. The lowest BCUT2D eigenvalue weighted by atomic mass is 9.65. The molecule has 6 aromatic carbocycles. The zero-order valence-corrected chi connectivity index (χ0v) is 28.4. The Hall–Kier alpha value is -5.08. The lowest BCUT2D eigenvalue weighted by Crippen LogP contribution is -2.30. The van der Waals surface area contributed by atoms with Crippen LogP contribution in [-0.4, -0.2) is 4.57 Å². The van der Waals surface area contributed by atoms with Crippen LogP contribution in [0.25, 0.3) is 27.5 Å². The van der Waals surface area contributed by atoms with Gasteiger partial charge in [-0.2, -0.15) is 0 Å². The highest BCUT2D eigenvalue weighted by molar-refractivity contribution is 6.10. The van der Waals surface area contributed by atoms with Crippen molar-refractivity contribution in [3.05, 3.63) is 168 Å². The van der Waals surface area contributed by atoms with E-state index in [1.165, 1.54) is 82.0 Å². The van der Waals surface area contributed by atoms with Crippen molar-refractivity contribution in [3.63, 3.8) is 0 Å². The molecule has 7 aromatic rings. The normalized spacial score (nSPS) is 14.7. The number of fused-ring (bicyclic) bond motifs is 3. The first-order valence-corrected chi connectivity index (χ1v) is 17.6. The second-order valence-corrected chi connectivity index (χ2v) is 14.6. The number of hydrogen-bond acceptors (Lipinski definition) is 1. The van der Waals surface area contributed by atoms with Gasteiger partial charge in [-0.25, -0.2) is 0 Å². The molecule has 1 aliphatic rings. The molecule has 238 valence electrons. The van der Waals surface area contributed by atoms with Crippen LogP contribution in [0.2, 0.25) is 0 Å². The van der Waals surface area contributed by atoms with E-state index in [0.29, 0.717) is 0 Å². The van der Waals surface area contributed by atoms with E-state index in [2.05, 4.69) is 182 Å². The van der Waals surface area contributed by atoms with Crippen LogP contribution in [0, 0.1) is 0 Å². The predicted octanol–water partition coefficient (Wildman–Crippen LogP) is 12.8. The van der Waals surface area contributed by atoms with E-state index in [4.69, 9.17) is 0 Å². The summed E-state index contributed by atoms with van der Waals surface area (Å²) in [4.78, 5) is 2.41. The molecule has 0 saturated heterocycles. The maximum atomic E-state index is 2.41. The second-order valence-electron chi connectivity index (χ2n) is 14.6. The number of benzene rings is 6. The van der Waals surface area contributed by atoms with Crippen LogP contribution in [0.4, 0.5) is 17.1 Å². The number of hydrogen-bond donors (Lipinski definition) is 0. The van der Waals surface area contributed by atoms with Gasteiger partial charge >= 0.3 is 0 Å². The van der Waals surface area contributed by atoms with Crippen molar-refractivity contribution in [1.82, 2.24) is 4.57 Å². The molecule has 48 heavy (non-hydrogen) atoms. The van der Waals surface area contributed by atoms with Crippen molar-refractivity contribution >= 4 is 38.9 Å². The lowest BCUT2D eigenvalue weighted by molar-refractivity contribution is 0.346. The molecular weight excluding hydrogens is 581 g/mol. The van der Waals surface area contributed by atoms with Crippen molar-refractivity contribution in [2.75, 3.05) is 4.90 Å². The van der Waals surface area contributed by atoms with Crippen molar-refractivity contribution in [3.8, 4) is 5.69 Å². The third-order valence-electron chi connectivity index (χ3n) is 10.6. The van der Waals surface area contributed by atoms with Crippen LogP contribution in [0.15, 0.2) is 152 Å². The number of rotatable bonds is 6. The first-order chi connectivity index (χ1) is 23.4. The zero-order chi connectivity index (χ0) is 32.7. The van der Waals surface area contributed by atoms with Gasteiger partial charge < -0.3 is 9.47 Å². The molecule has 1 aliphatic carbocycles.